The molecule has 1 aliphatic heterocycles. The Bertz CT molecular complexity index is 1380. The number of carbonyl (C=O) groups is 1. The Labute approximate surface area is 189 Å². The predicted molar refractivity (Wildman–Crippen MR) is 125 cm³/mol. The van der Waals surface area contributed by atoms with Gasteiger partial charge in [-0.25, -0.2) is 4.98 Å². The van der Waals surface area contributed by atoms with Crippen molar-refractivity contribution in [2.45, 2.75) is 9.24 Å². The Morgan fingerprint density at radius 1 is 1.13 bits per heavy atom. The first-order chi connectivity index (χ1) is 15.0. The zero-order chi connectivity index (χ0) is 21.5. The number of rotatable bonds is 4. The lowest BCUT2D eigenvalue weighted by molar-refractivity contribution is -0.387. The fourth-order valence-electron chi connectivity index (χ4n) is 3.32. The number of hydrogen-bond donors (Lipinski definition) is 1. The zero-order valence-corrected chi connectivity index (χ0v) is 18.1. The highest BCUT2D eigenvalue weighted by Crippen LogP contribution is 2.40. The minimum Gasteiger partial charge on any atom is -0.321 e. The van der Waals surface area contributed by atoms with Crippen LogP contribution in [-0.2, 0) is 4.79 Å². The summed E-state index contributed by atoms with van der Waals surface area (Å²) in [4.78, 5) is 28.7. The molecule has 152 valence electrons. The van der Waals surface area contributed by atoms with Gasteiger partial charge >= 0.3 is 0 Å². The molecular formula is C22H12ClN3O3S2. The average Bonchev–Trinajstić information content (AvgIpc) is 3.28. The minimum atomic E-state index is -0.417. The summed E-state index contributed by atoms with van der Waals surface area (Å²) in [6.07, 6.45) is 1.65. The molecule has 0 spiro atoms. The van der Waals surface area contributed by atoms with Gasteiger partial charge in [-0.2, -0.15) is 0 Å². The molecular weight excluding hydrogens is 454 g/mol. The minimum absolute atomic E-state index is 0.0339. The van der Waals surface area contributed by atoms with Crippen LogP contribution in [0.5, 0.6) is 0 Å². The maximum absolute atomic E-state index is 12.4. The van der Waals surface area contributed by atoms with Crippen molar-refractivity contribution in [1.82, 2.24) is 4.98 Å². The van der Waals surface area contributed by atoms with Crippen molar-refractivity contribution in [2.24, 2.45) is 0 Å². The summed E-state index contributed by atoms with van der Waals surface area (Å²) in [5.41, 5.74) is 3.17. The average molecular weight is 466 g/mol. The van der Waals surface area contributed by atoms with Gasteiger partial charge in [-0.05, 0) is 42.0 Å². The summed E-state index contributed by atoms with van der Waals surface area (Å²) >= 11 is 8.74. The van der Waals surface area contributed by atoms with Gasteiger partial charge in [0.15, 0.2) is 4.34 Å². The van der Waals surface area contributed by atoms with Crippen molar-refractivity contribution in [3.8, 4) is 0 Å². The summed E-state index contributed by atoms with van der Waals surface area (Å²) in [6.45, 7) is 0. The molecule has 0 bridgehead atoms. The molecule has 0 atom stereocenters. The Balaban J connectivity index is 1.51. The third kappa shape index (κ3) is 3.81. The quantitative estimate of drug-likeness (QED) is 0.211. The van der Waals surface area contributed by atoms with E-state index in [1.807, 2.05) is 24.3 Å². The maximum Gasteiger partial charge on any atom is 0.283 e. The Kier molecular flexibility index (Phi) is 4.97. The van der Waals surface area contributed by atoms with Crippen LogP contribution in [0.3, 0.4) is 0 Å². The lowest BCUT2D eigenvalue weighted by Gasteiger charge is -2.03. The van der Waals surface area contributed by atoms with Crippen LogP contribution >= 0.6 is 34.7 Å². The normalized spacial score (nSPS) is 14.1. The van der Waals surface area contributed by atoms with E-state index in [-0.39, 0.29) is 11.6 Å². The van der Waals surface area contributed by atoms with Crippen LogP contribution in [0.2, 0.25) is 5.02 Å². The summed E-state index contributed by atoms with van der Waals surface area (Å²) in [7, 11) is 0. The van der Waals surface area contributed by atoms with Crippen LogP contribution < -0.4 is 5.32 Å². The van der Waals surface area contributed by atoms with E-state index >= 15 is 0 Å². The fourth-order valence-corrected chi connectivity index (χ4v) is 5.60. The first kappa shape index (κ1) is 19.7. The number of fused-ring (bicyclic) bond motifs is 2. The number of hydrogen-bond acceptors (Lipinski definition) is 6. The lowest BCUT2D eigenvalue weighted by atomic mass is 10.0. The summed E-state index contributed by atoms with van der Waals surface area (Å²) in [6, 6.07) is 17.8. The molecule has 2 heterocycles. The van der Waals surface area contributed by atoms with Gasteiger partial charge in [0.1, 0.15) is 0 Å². The first-order valence-electron chi connectivity index (χ1n) is 9.13. The second-order valence-electron chi connectivity index (χ2n) is 6.74. The third-order valence-electron chi connectivity index (χ3n) is 4.73. The van der Waals surface area contributed by atoms with Crippen LogP contribution in [0.1, 0.15) is 11.1 Å². The third-order valence-corrected chi connectivity index (χ3v) is 7.12. The molecule has 1 aliphatic rings. The van der Waals surface area contributed by atoms with E-state index in [1.54, 1.807) is 36.4 Å². The molecule has 31 heavy (non-hydrogen) atoms. The molecule has 1 amide bonds. The smallest absolute Gasteiger partial charge is 0.283 e. The molecule has 4 aromatic rings. The Morgan fingerprint density at radius 3 is 2.77 bits per heavy atom. The highest BCUT2D eigenvalue weighted by Gasteiger charge is 2.25. The van der Waals surface area contributed by atoms with Crippen LogP contribution in [0, 0.1) is 10.1 Å². The van der Waals surface area contributed by atoms with Crippen molar-refractivity contribution in [3.63, 3.8) is 0 Å². The largest absolute Gasteiger partial charge is 0.321 e. The number of aromatic nitrogens is 1. The number of halogens is 1. The fraction of sp³-hybridized carbons (Fsp3) is 0. The number of carbonyl (C=O) groups excluding carboxylic acids is 1. The molecule has 0 fully saturated rings. The Hall–Kier alpha value is -3.20. The lowest BCUT2D eigenvalue weighted by Crippen LogP contribution is -2.03. The van der Waals surface area contributed by atoms with Gasteiger partial charge in [-0.3, -0.25) is 14.9 Å². The van der Waals surface area contributed by atoms with Gasteiger partial charge in [-0.1, -0.05) is 47.6 Å². The molecule has 0 radical (unpaired) electrons. The number of nitro groups is 1. The predicted octanol–water partition coefficient (Wildman–Crippen LogP) is 6.50. The number of para-hydroxylation sites is 1. The molecule has 9 heteroatoms. The van der Waals surface area contributed by atoms with Gasteiger partial charge < -0.3 is 5.32 Å². The van der Waals surface area contributed by atoms with Gasteiger partial charge in [0, 0.05) is 22.2 Å². The van der Waals surface area contributed by atoms with Crippen LogP contribution in [0.4, 0.5) is 11.4 Å². The van der Waals surface area contributed by atoms with Crippen molar-refractivity contribution in [3.05, 3.63) is 86.9 Å². The van der Waals surface area contributed by atoms with E-state index in [9.17, 15) is 14.9 Å². The topological polar surface area (TPSA) is 85.1 Å². The molecule has 0 saturated carbocycles. The van der Waals surface area contributed by atoms with Gasteiger partial charge in [-0.15, -0.1) is 11.3 Å². The summed E-state index contributed by atoms with van der Waals surface area (Å²) in [5.74, 6) is -0.271. The first-order valence-corrected chi connectivity index (χ1v) is 11.1. The number of nitro benzene ring substituents is 1. The second kappa shape index (κ2) is 7.81. The monoisotopic (exact) mass is 465 g/mol. The highest BCUT2D eigenvalue weighted by atomic mass is 35.5. The van der Waals surface area contributed by atoms with E-state index in [1.165, 1.54) is 29.2 Å². The molecule has 1 N–H and O–H groups in total. The second-order valence-corrected chi connectivity index (χ2v) is 9.49. The summed E-state index contributed by atoms with van der Waals surface area (Å²) in [5, 5.41) is 15.0. The van der Waals surface area contributed by atoms with Crippen LogP contribution in [0.25, 0.3) is 21.9 Å². The van der Waals surface area contributed by atoms with Crippen molar-refractivity contribution in [1.29, 1.82) is 0 Å². The van der Waals surface area contributed by atoms with E-state index in [2.05, 4.69) is 10.3 Å². The molecule has 0 aliphatic carbocycles. The zero-order valence-electron chi connectivity index (χ0n) is 15.7. The molecule has 6 nitrogen and oxygen atoms in total. The SMILES string of the molecule is O=C1Nc2cc(Cl)ccc2/C1=C\c1ccc(Sc2nc3ccccc3s2)c([N+](=O)[O-])c1. The van der Waals surface area contributed by atoms with E-state index < -0.39 is 4.92 Å². The number of anilines is 1. The van der Waals surface area contributed by atoms with Crippen molar-refractivity contribution in [2.75, 3.05) is 5.32 Å². The van der Waals surface area contributed by atoms with Crippen LogP contribution in [-0.4, -0.2) is 15.8 Å². The molecule has 1 aromatic heterocycles. The number of nitrogens with zero attached hydrogens (tertiary/aromatic N) is 2. The summed E-state index contributed by atoms with van der Waals surface area (Å²) < 4.78 is 1.76. The molecule has 0 unspecified atom stereocenters. The van der Waals surface area contributed by atoms with E-state index in [0.29, 0.717) is 32.3 Å². The standard InChI is InChI=1S/C22H12ClN3O3S2/c23-13-6-7-14-15(21(27)24-17(14)11-13)9-12-5-8-20(18(10-12)26(28)29)31-22-25-16-3-1-2-4-19(16)30-22/h1-11H,(H,24,27)/b15-9+. The Morgan fingerprint density at radius 2 is 1.97 bits per heavy atom. The van der Waals surface area contributed by atoms with Gasteiger partial charge in [0.2, 0.25) is 0 Å². The van der Waals surface area contributed by atoms with Crippen molar-refractivity contribution >= 4 is 73.8 Å². The highest BCUT2D eigenvalue weighted by molar-refractivity contribution is 8.01. The number of amides is 1. The van der Waals surface area contributed by atoms with Gasteiger partial charge in [0.25, 0.3) is 11.6 Å². The maximum atomic E-state index is 12.4. The number of nitrogens with one attached hydrogen (secondary N) is 1. The molecule has 0 saturated heterocycles. The number of benzene rings is 3. The van der Waals surface area contributed by atoms with Crippen LogP contribution in [0.15, 0.2) is 69.9 Å². The molecule has 3 aromatic carbocycles. The van der Waals surface area contributed by atoms with E-state index in [0.717, 1.165) is 14.6 Å². The van der Waals surface area contributed by atoms with E-state index in [4.69, 9.17) is 11.6 Å². The van der Waals surface area contributed by atoms with Crippen molar-refractivity contribution < 1.29 is 9.72 Å². The molecule has 5 rings (SSSR count). The van der Waals surface area contributed by atoms with Gasteiger partial charge in [0.05, 0.1) is 25.7 Å². The number of thiazole rings is 1.